The molecule has 0 bridgehead atoms. The first-order chi connectivity index (χ1) is 12.1. The molecule has 0 saturated heterocycles. The molecule has 0 fully saturated rings. The fourth-order valence-electron chi connectivity index (χ4n) is 2.93. The molecule has 0 aromatic carbocycles. The molecule has 2 unspecified atom stereocenters. The molecule has 2 N–H and O–H groups in total. The molecule has 0 aliphatic carbocycles. The van der Waals surface area contributed by atoms with E-state index in [9.17, 15) is 9.90 Å². The van der Waals surface area contributed by atoms with E-state index in [0.717, 1.165) is 32.1 Å². The standard InChI is InChI=1S/C22H40O3/c1-3-4-5-6-7-8-9-10-11-12-13-14-15-16-17-21(22(24)25)18-20(2)19-23/h7-8,10-11,20-21,23H,3-6,9,12-19H2,1-2H3,(H,24,25)/b8-7-,11-10-. The second-order valence-electron chi connectivity index (χ2n) is 7.22. The first-order valence-electron chi connectivity index (χ1n) is 10.2. The van der Waals surface area contributed by atoms with Crippen molar-refractivity contribution in [3.63, 3.8) is 0 Å². The average molecular weight is 353 g/mol. The van der Waals surface area contributed by atoms with Crippen molar-refractivity contribution in [1.82, 2.24) is 0 Å². The Hall–Kier alpha value is -1.09. The highest BCUT2D eigenvalue weighted by Crippen LogP contribution is 2.19. The Morgan fingerprint density at radius 2 is 1.52 bits per heavy atom. The van der Waals surface area contributed by atoms with Gasteiger partial charge in [0.05, 0.1) is 5.92 Å². The van der Waals surface area contributed by atoms with Crippen LogP contribution in [-0.4, -0.2) is 22.8 Å². The van der Waals surface area contributed by atoms with Gasteiger partial charge in [-0.25, -0.2) is 0 Å². The van der Waals surface area contributed by atoms with Crippen molar-refractivity contribution in [2.24, 2.45) is 11.8 Å². The summed E-state index contributed by atoms with van der Waals surface area (Å²) in [5.74, 6) is -0.941. The van der Waals surface area contributed by atoms with Gasteiger partial charge in [-0.3, -0.25) is 4.79 Å². The number of carboxylic acids is 1. The molecule has 0 spiro atoms. The third-order valence-electron chi connectivity index (χ3n) is 4.60. The monoisotopic (exact) mass is 352 g/mol. The van der Waals surface area contributed by atoms with E-state index in [-0.39, 0.29) is 18.4 Å². The maximum atomic E-state index is 11.2. The molecule has 0 saturated carbocycles. The Morgan fingerprint density at radius 3 is 2.08 bits per heavy atom. The quantitative estimate of drug-likeness (QED) is 0.244. The summed E-state index contributed by atoms with van der Waals surface area (Å²) in [6.07, 6.45) is 22.1. The number of aliphatic carboxylic acids is 1. The SMILES string of the molecule is CCCCC/C=C\C/C=C\CCCCCCC(CC(C)CO)C(=O)O. The van der Waals surface area contributed by atoms with Gasteiger partial charge in [0.25, 0.3) is 0 Å². The summed E-state index contributed by atoms with van der Waals surface area (Å²) >= 11 is 0. The molecular formula is C22H40O3. The van der Waals surface area contributed by atoms with Gasteiger partial charge >= 0.3 is 5.97 Å². The summed E-state index contributed by atoms with van der Waals surface area (Å²) in [5.41, 5.74) is 0. The molecule has 3 nitrogen and oxygen atoms in total. The molecule has 2 atom stereocenters. The van der Waals surface area contributed by atoms with Crippen LogP contribution in [0.15, 0.2) is 24.3 Å². The van der Waals surface area contributed by atoms with Crippen molar-refractivity contribution in [2.75, 3.05) is 6.61 Å². The van der Waals surface area contributed by atoms with Crippen LogP contribution in [0.4, 0.5) is 0 Å². The Balaban J connectivity index is 3.55. The minimum absolute atomic E-state index is 0.0735. The summed E-state index contributed by atoms with van der Waals surface area (Å²) < 4.78 is 0. The summed E-state index contributed by atoms with van der Waals surface area (Å²) in [6.45, 7) is 4.21. The van der Waals surface area contributed by atoms with Crippen molar-refractivity contribution < 1.29 is 15.0 Å². The van der Waals surface area contributed by atoms with Crippen LogP contribution >= 0.6 is 0 Å². The Morgan fingerprint density at radius 1 is 0.920 bits per heavy atom. The normalized spacial score (nSPS) is 14.4. The highest BCUT2D eigenvalue weighted by Gasteiger charge is 2.19. The summed E-state index contributed by atoms with van der Waals surface area (Å²) in [6, 6.07) is 0. The van der Waals surface area contributed by atoms with Crippen molar-refractivity contribution in [3.05, 3.63) is 24.3 Å². The van der Waals surface area contributed by atoms with Crippen molar-refractivity contribution >= 4 is 5.97 Å². The van der Waals surface area contributed by atoms with Gasteiger partial charge in [0.15, 0.2) is 0 Å². The highest BCUT2D eigenvalue weighted by molar-refractivity contribution is 5.69. The topological polar surface area (TPSA) is 57.5 Å². The number of aliphatic hydroxyl groups is 1. The fourth-order valence-corrected chi connectivity index (χ4v) is 2.93. The fraction of sp³-hybridized carbons (Fsp3) is 0.773. The van der Waals surface area contributed by atoms with E-state index in [2.05, 4.69) is 31.2 Å². The molecule has 0 aromatic rings. The van der Waals surface area contributed by atoms with Crippen LogP contribution < -0.4 is 0 Å². The number of carboxylic acid groups (broad SMARTS) is 1. The van der Waals surface area contributed by atoms with Gasteiger partial charge in [-0.1, -0.05) is 70.3 Å². The van der Waals surface area contributed by atoms with Crippen LogP contribution in [0, 0.1) is 11.8 Å². The van der Waals surface area contributed by atoms with Crippen LogP contribution in [0.3, 0.4) is 0 Å². The largest absolute Gasteiger partial charge is 0.481 e. The van der Waals surface area contributed by atoms with Crippen LogP contribution in [0.2, 0.25) is 0 Å². The smallest absolute Gasteiger partial charge is 0.306 e. The number of hydrogen-bond acceptors (Lipinski definition) is 2. The maximum Gasteiger partial charge on any atom is 0.306 e. The summed E-state index contributed by atoms with van der Waals surface area (Å²) in [5, 5.41) is 18.3. The van der Waals surface area contributed by atoms with E-state index in [1.54, 1.807) is 0 Å². The second-order valence-corrected chi connectivity index (χ2v) is 7.22. The van der Waals surface area contributed by atoms with E-state index >= 15 is 0 Å². The average Bonchev–Trinajstić information content (AvgIpc) is 2.60. The number of rotatable bonds is 17. The number of aliphatic hydroxyl groups excluding tert-OH is 1. The third-order valence-corrected chi connectivity index (χ3v) is 4.60. The minimum atomic E-state index is -0.717. The van der Waals surface area contributed by atoms with Gasteiger partial charge in [0.1, 0.15) is 0 Å². The Labute approximate surface area is 155 Å². The lowest BCUT2D eigenvalue weighted by atomic mass is 9.91. The molecule has 0 aromatic heterocycles. The molecule has 0 aliphatic rings. The molecule has 0 amide bonds. The Kier molecular flexibility index (Phi) is 17.0. The van der Waals surface area contributed by atoms with Gasteiger partial charge in [-0.2, -0.15) is 0 Å². The van der Waals surface area contributed by atoms with E-state index in [1.807, 2.05) is 6.92 Å². The van der Waals surface area contributed by atoms with E-state index < -0.39 is 5.97 Å². The first-order valence-corrected chi connectivity index (χ1v) is 10.2. The molecule has 0 rings (SSSR count). The predicted octanol–water partition coefficient (Wildman–Crippen LogP) is 6.13. The minimum Gasteiger partial charge on any atom is -0.481 e. The van der Waals surface area contributed by atoms with Crippen LogP contribution in [0.5, 0.6) is 0 Å². The molecule has 0 heterocycles. The highest BCUT2D eigenvalue weighted by atomic mass is 16.4. The van der Waals surface area contributed by atoms with E-state index in [4.69, 9.17) is 5.11 Å². The van der Waals surface area contributed by atoms with Gasteiger partial charge in [-0.05, 0) is 50.9 Å². The number of unbranched alkanes of at least 4 members (excludes halogenated alkanes) is 7. The zero-order chi connectivity index (χ0) is 18.8. The van der Waals surface area contributed by atoms with Crippen LogP contribution in [0.1, 0.15) is 90.9 Å². The number of hydrogen-bond donors (Lipinski definition) is 2. The summed E-state index contributed by atoms with van der Waals surface area (Å²) in [7, 11) is 0. The van der Waals surface area contributed by atoms with Gasteiger partial charge < -0.3 is 10.2 Å². The predicted molar refractivity (Wildman–Crippen MR) is 107 cm³/mol. The van der Waals surface area contributed by atoms with Crippen molar-refractivity contribution in [1.29, 1.82) is 0 Å². The Bertz CT molecular complexity index is 360. The van der Waals surface area contributed by atoms with Crippen molar-refractivity contribution in [2.45, 2.75) is 90.9 Å². The molecule has 25 heavy (non-hydrogen) atoms. The molecule has 3 heteroatoms. The number of allylic oxidation sites excluding steroid dienone is 4. The molecule has 0 aliphatic heterocycles. The van der Waals surface area contributed by atoms with Crippen LogP contribution in [0.25, 0.3) is 0 Å². The van der Waals surface area contributed by atoms with Gasteiger partial charge in [0, 0.05) is 6.61 Å². The third kappa shape index (κ3) is 16.1. The van der Waals surface area contributed by atoms with Gasteiger partial charge in [0.2, 0.25) is 0 Å². The van der Waals surface area contributed by atoms with Crippen molar-refractivity contribution in [3.8, 4) is 0 Å². The van der Waals surface area contributed by atoms with E-state index in [1.165, 1.54) is 38.5 Å². The zero-order valence-corrected chi connectivity index (χ0v) is 16.5. The summed E-state index contributed by atoms with van der Waals surface area (Å²) in [4.78, 5) is 11.2. The maximum absolute atomic E-state index is 11.2. The molecule has 146 valence electrons. The lowest BCUT2D eigenvalue weighted by Gasteiger charge is -2.15. The van der Waals surface area contributed by atoms with Crippen LogP contribution in [-0.2, 0) is 4.79 Å². The molecule has 0 radical (unpaired) electrons. The lowest BCUT2D eigenvalue weighted by molar-refractivity contribution is -0.142. The first kappa shape index (κ1) is 23.9. The molecular weight excluding hydrogens is 312 g/mol. The number of carbonyl (C=O) groups is 1. The lowest BCUT2D eigenvalue weighted by Crippen LogP contribution is -2.18. The second kappa shape index (κ2) is 17.7. The van der Waals surface area contributed by atoms with E-state index in [0.29, 0.717) is 6.42 Å². The zero-order valence-electron chi connectivity index (χ0n) is 16.5. The van der Waals surface area contributed by atoms with Gasteiger partial charge in [-0.15, -0.1) is 0 Å².